The lowest BCUT2D eigenvalue weighted by atomic mass is 9.81. The van der Waals surface area contributed by atoms with E-state index in [1.165, 1.54) is 4.90 Å². The minimum absolute atomic E-state index is 0.134. The Balaban J connectivity index is 1.33. The Morgan fingerprint density at radius 2 is 1.58 bits per heavy atom. The van der Waals surface area contributed by atoms with Gasteiger partial charge in [-0.1, -0.05) is 64.6 Å². The Kier molecular flexibility index (Phi) is 8.24. The van der Waals surface area contributed by atoms with Crippen LogP contribution in [0.2, 0.25) is 5.02 Å². The van der Waals surface area contributed by atoms with Crippen LogP contribution < -0.4 is 4.90 Å². The fourth-order valence-corrected chi connectivity index (χ4v) is 6.84. The number of ketones is 1. The molecule has 2 heterocycles. The smallest absolute Gasteiger partial charge is 0.339 e. The first-order valence-corrected chi connectivity index (χ1v) is 15.8. The van der Waals surface area contributed by atoms with E-state index < -0.39 is 12.6 Å². The van der Waals surface area contributed by atoms with E-state index >= 15 is 0 Å². The van der Waals surface area contributed by atoms with Crippen LogP contribution in [0.25, 0.3) is 22.2 Å². The number of Topliss-reactive ketones (excluding diaryl/α,β-unsaturated/α-hetero) is 1. The lowest BCUT2D eigenvalue weighted by Crippen LogP contribution is -2.30. The van der Waals surface area contributed by atoms with Crippen LogP contribution in [0.15, 0.2) is 69.6 Å². The molecule has 3 aromatic carbocycles. The molecule has 2 amide bonds. The summed E-state index contributed by atoms with van der Waals surface area (Å²) >= 11 is 13.3. The number of imide groups is 1. The monoisotopic (exact) mass is 722 g/mol. The van der Waals surface area contributed by atoms with Crippen LogP contribution in [0.5, 0.6) is 0 Å². The van der Waals surface area contributed by atoms with Gasteiger partial charge in [0.15, 0.2) is 12.4 Å². The van der Waals surface area contributed by atoms with Crippen molar-refractivity contribution >= 4 is 83.6 Å². The first-order chi connectivity index (χ1) is 20.6. The second kappa shape index (κ2) is 11.9. The third-order valence-electron chi connectivity index (χ3n) is 8.21. The molecule has 6 rings (SSSR count). The molecule has 2 unspecified atom stereocenters. The molecular weight excluding hydrogens is 700 g/mol. The Morgan fingerprint density at radius 1 is 0.953 bits per heavy atom. The molecule has 0 bridgehead atoms. The van der Waals surface area contributed by atoms with Gasteiger partial charge in [-0.2, -0.15) is 0 Å². The zero-order chi connectivity index (χ0) is 30.4. The molecular formula is C33H25Br2ClN2O5. The third-order valence-corrected chi connectivity index (χ3v) is 10.1. The van der Waals surface area contributed by atoms with Gasteiger partial charge in [0.2, 0.25) is 11.8 Å². The highest BCUT2D eigenvalue weighted by Crippen LogP contribution is 2.41. The second-order valence-electron chi connectivity index (χ2n) is 10.8. The largest absolute Gasteiger partial charge is 0.454 e. The summed E-state index contributed by atoms with van der Waals surface area (Å²) in [5.74, 6) is -1.75. The quantitative estimate of drug-likeness (QED) is 0.113. The van der Waals surface area contributed by atoms with Crippen molar-refractivity contribution in [1.82, 2.24) is 4.98 Å². The number of rotatable bonds is 6. The van der Waals surface area contributed by atoms with Crippen molar-refractivity contribution in [2.45, 2.75) is 32.6 Å². The summed E-state index contributed by atoms with van der Waals surface area (Å²) in [4.78, 5) is 58.4. The molecule has 2 atom stereocenters. The normalized spacial score (nSPS) is 18.2. The van der Waals surface area contributed by atoms with E-state index in [-0.39, 0.29) is 35.0 Å². The molecule has 1 aliphatic heterocycles. The van der Waals surface area contributed by atoms with Crippen LogP contribution in [0, 0.1) is 18.8 Å². The number of aromatic nitrogens is 1. The molecule has 0 radical (unpaired) electrons. The van der Waals surface area contributed by atoms with E-state index in [9.17, 15) is 19.2 Å². The van der Waals surface area contributed by atoms with Gasteiger partial charge < -0.3 is 4.74 Å². The fraction of sp³-hybridized carbons (Fsp3) is 0.242. The molecule has 1 saturated heterocycles. The maximum absolute atomic E-state index is 13.4. The van der Waals surface area contributed by atoms with Gasteiger partial charge in [0.25, 0.3) is 0 Å². The van der Waals surface area contributed by atoms with Gasteiger partial charge in [-0.25, -0.2) is 9.78 Å². The van der Waals surface area contributed by atoms with Crippen LogP contribution in [-0.4, -0.2) is 35.2 Å². The number of nitrogens with zero attached hydrogens (tertiary/aromatic N) is 2. The van der Waals surface area contributed by atoms with Gasteiger partial charge in [0.1, 0.15) is 0 Å². The number of ether oxygens (including phenoxy) is 1. The van der Waals surface area contributed by atoms with E-state index in [0.717, 1.165) is 30.2 Å². The SMILES string of the molecule is Cc1c(Cl)c(Br)cc2c(C(=O)OCC(=O)c3ccc(Br)cc3)cc(-c3ccc(N4C(=O)C5CCCCC5C4=O)cc3)nc12. The van der Waals surface area contributed by atoms with Crippen molar-refractivity contribution in [3.63, 3.8) is 0 Å². The molecule has 218 valence electrons. The van der Waals surface area contributed by atoms with Gasteiger partial charge >= 0.3 is 5.97 Å². The highest BCUT2D eigenvalue weighted by Gasteiger charge is 2.48. The highest BCUT2D eigenvalue weighted by molar-refractivity contribution is 9.10. The number of aryl methyl sites for hydroxylation is 1. The maximum atomic E-state index is 13.4. The van der Waals surface area contributed by atoms with Gasteiger partial charge in [0, 0.05) is 25.5 Å². The summed E-state index contributed by atoms with van der Waals surface area (Å²) in [6.45, 7) is 1.38. The van der Waals surface area contributed by atoms with Crippen molar-refractivity contribution in [3.8, 4) is 11.3 Å². The average molecular weight is 725 g/mol. The van der Waals surface area contributed by atoms with Crippen LogP contribution in [0.3, 0.4) is 0 Å². The summed E-state index contributed by atoms with van der Waals surface area (Å²) in [5.41, 5.74) is 3.48. The zero-order valence-electron chi connectivity index (χ0n) is 23.0. The minimum atomic E-state index is -0.680. The summed E-state index contributed by atoms with van der Waals surface area (Å²) in [5, 5.41) is 0.982. The summed E-state index contributed by atoms with van der Waals surface area (Å²) in [6.07, 6.45) is 3.42. The average Bonchev–Trinajstić information content (AvgIpc) is 3.28. The first-order valence-electron chi connectivity index (χ1n) is 13.9. The number of amides is 2. The van der Waals surface area contributed by atoms with Crippen molar-refractivity contribution < 1.29 is 23.9 Å². The maximum Gasteiger partial charge on any atom is 0.339 e. The van der Waals surface area contributed by atoms with Gasteiger partial charge in [-0.15, -0.1) is 0 Å². The van der Waals surface area contributed by atoms with Gasteiger partial charge in [-0.05, 0) is 77.7 Å². The van der Waals surface area contributed by atoms with Crippen LogP contribution >= 0.6 is 43.5 Å². The number of pyridine rings is 1. The zero-order valence-corrected chi connectivity index (χ0v) is 27.0. The Hall–Kier alpha value is -3.40. The molecule has 43 heavy (non-hydrogen) atoms. The van der Waals surface area contributed by atoms with Crippen LogP contribution in [0.1, 0.15) is 52.0 Å². The highest BCUT2D eigenvalue weighted by atomic mass is 79.9. The van der Waals surface area contributed by atoms with Gasteiger partial charge in [-0.3, -0.25) is 19.3 Å². The van der Waals surface area contributed by atoms with Crippen molar-refractivity contribution in [2.24, 2.45) is 11.8 Å². The van der Waals surface area contributed by atoms with E-state index in [0.29, 0.717) is 48.5 Å². The number of benzene rings is 3. The summed E-state index contributed by atoms with van der Waals surface area (Å²) < 4.78 is 6.91. The lowest BCUT2D eigenvalue weighted by Gasteiger charge is -2.19. The predicted molar refractivity (Wildman–Crippen MR) is 171 cm³/mol. The summed E-state index contributed by atoms with van der Waals surface area (Å²) in [7, 11) is 0. The molecule has 1 aliphatic carbocycles. The number of carbonyl (C=O) groups is 4. The molecule has 1 aromatic heterocycles. The molecule has 0 spiro atoms. The Labute approximate surface area is 269 Å². The number of carbonyl (C=O) groups excluding carboxylic acids is 4. The minimum Gasteiger partial charge on any atom is -0.454 e. The number of hydrogen-bond donors (Lipinski definition) is 0. The molecule has 7 nitrogen and oxygen atoms in total. The van der Waals surface area contributed by atoms with Crippen molar-refractivity contribution in [1.29, 1.82) is 0 Å². The first kappa shape index (κ1) is 29.7. The number of esters is 1. The standard InChI is InChI=1S/C33H25Br2ClN2O5/c1-17-29(36)26(35)14-24-25(33(42)43-16-28(39)19-6-10-20(34)11-7-19)15-27(37-30(17)24)18-8-12-21(13-9-18)38-31(40)22-4-2-3-5-23(22)32(38)41/h6-15,22-23H,2-5,16H2,1H3. The molecule has 1 saturated carbocycles. The van der Waals surface area contributed by atoms with Crippen molar-refractivity contribution in [3.05, 3.63) is 91.3 Å². The van der Waals surface area contributed by atoms with Crippen LogP contribution in [-0.2, 0) is 14.3 Å². The van der Waals surface area contributed by atoms with E-state index in [1.54, 1.807) is 60.7 Å². The number of anilines is 1. The Bertz CT molecular complexity index is 1780. The topological polar surface area (TPSA) is 93.6 Å². The molecule has 2 aliphatic rings. The van der Waals surface area contributed by atoms with Crippen molar-refractivity contribution in [2.75, 3.05) is 11.5 Å². The predicted octanol–water partition coefficient (Wildman–Crippen LogP) is 8.11. The Morgan fingerprint density at radius 3 is 2.21 bits per heavy atom. The van der Waals surface area contributed by atoms with E-state index in [2.05, 4.69) is 31.9 Å². The second-order valence-corrected chi connectivity index (χ2v) is 13.0. The van der Waals surface area contributed by atoms with Crippen LogP contribution in [0.4, 0.5) is 5.69 Å². The molecule has 10 heteroatoms. The van der Waals surface area contributed by atoms with E-state index in [1.807, 2.05) is 6.92 Å². The number of hydrogen-bond acceptors (Lipinski definition) is 6. The number of halogens is 3. The molecule has 4 aromatic rings. The molecule has 2 fully saturated rings. The number of fused-ring (bicyclic) bond motifs is 2. The van der Waals surface area contributed by atoms with E-state index in [4.69, 9.17) is 21.3 Å². The summed E-state index contributed by atoms with van der Waals surface area (Å²) in [6, 6.07) is 17.1. The third kappa shape index (κ3) is 5.54. The van der Waals surface area contributed by atoms with Gasteiger partial charge in [0.05, 0.1) is 39.3 Å². The molecule has 0 N–H and O–H groups in total. The lowest BCUT2D eigenvalue weighted by molar-refractivity contribution is -0.122. The fourth-order valence-electron chi connectivity index (χ4n) is 5.90.